The summed E-state index contributed by atoms with van der Waals surface area (Å²) >= 11 is 0. The largest absolute Gasteiger partial charge is 0.516 e. The van der Waals surface area contributed by atoms with E-state index >= 15 is 0 Å². The lowest BCUT2D eigenvalue weighted by Crippen LogP contribution is -2.44. The summed E-state index contributed by atoms with van der Waals surface area (Å²) in [4.78, 5) is 71.7. The predicted molar refractivity (Wildman–Crippen MR) is 165 cm³/mol. The second-order valence-electron chi connectivity index (χ2n) is 10.6. The number of ether oxygens (including phenoxy) is 4. The van der Waals surface area contributed by atoms with E-state index in [1.165, 1.54) is 27.7 Å². The van der Waals surface area contributed by atoms with Crippen molar-refractivity contribution >= 4 is 37.7 Å². The molecular formula is C31H41N2O12P. The summed E-state index contributed by atoms with van der Waals surface area (Å²) in [7, 11) is -4.58. The fraction of sp³-hybridized carbons (Fsp3) is 0.452. The smallest absolute Gasteiger partial charge is 0.434 e. The Labute approximate surface area is 267 Å². The van der Waals surface area contributed by atoms with Crippen LogP contribution in [0.3, 0.4) is 0 Å². The Bertz CT molecular complexity index is 1380. The molecule has 252 valence electrons. The number of alkyl carbamates (subject to hydrolysis) is 1. The second-order valence-corrected chi connectivity index (χ2v) is 12.4. The highest BCUT2D eigenvalue weighted by Gasteiger charge is 2.34. The van der Waals surface area contributed by atoms with E-state index in [0.29, 0.717) is 5.56 Å². The van der Waals surface area contributed by atoms with Gasteiger partial charge in [-0.25, -0.2) is 14.4 Å². The molecule has 5 unspecified atom stereocenters. The molecule has 0 aromatic heterocycles. The highest BCUT2D eigenvalue weighted by atomic mass is 31.2. The van der Waals surface area contributed by atoms with E-state index in [2.05, 4.69) is 20.1 Å². The van der Waals surface area contributed by atoms with Crippen LogP contribution in [-0.4, -0.2) is 66.3 Å². The molecule has 0 heterocycles. The number of carbonyl (C=O) groups excluding carboxylic acids is 5. The third-order valence-electron chi connectivity index (χ3n) is 6.19. The maximum absolute atomic E-state index is 13.3. The van der Waals surface area contributed by atoms with E-state index in [0.717, 1.165) is 11.1 Å². The second kappa shape index (κ2) is 18.0. The third kappa shape index (κ3) is 13.4. The minimum atomic E-state index is -4.58. The zero-order valence-electron chi connectivity index (χ0n) is 26.6. The normalized spacial score (nSPS) is 14.9. The Morgan fingerprint density at radius 3 is 2.02 bits per heavy atom. The SMILES string of the molecule is CCOC(=O)OC(=O)C(C)NC(=O)C(Cc1ccc(-c2ccccc2)cc1)CP(=O)(O)OC(C)NC(=O)OC(C)OC(=O)C(C)C. The summed E-state index contributed by atoms with van der Waals surface area (Å²) in [6.07, 6.45) is -5.65. The molecule has 0 aliphatic carbocycles. The highest BCUT2D eigenvalue weighted by Crippen LogP contribution is 2.45. The number of rotatable bonds is 15. The standard InChI is InChI=1S/C31H41N2O12P/c1-7-41-31(38)44-29(36)20(4)32-27(34)26(17-23-13-15-25(16-14-23)24-11-9-8-10-12-24)18-46(39,40)45-21(5)33-30(37)43-22(6)42-28(35)19(2)3/h8-16,19-22,26H,7,17-18H2,1-6H3,(H,32,34)(H,33,37)(H,39,40). The molecular weight excluding hydrogens is 623 g/mol. The summed E-state index contributed by atoms with van der Waals surface area (Å²) in [5.74, 6) is -4.13. The minimum Gasteiger partial charge on any atom is -0.434 e. The molecule has 0 saturated carbocycles. The van der Waals surface area contributed by atoms with Crippen molar-refractivity contribution < 1.29 is 56.9 Å². The van der Waals surface area contributed by atoms with Crippen LogP contribution in [0, 0.1) is 11.8 Å². The Balaban J connectivity index is 2.14. The summed E-state index contributed by atoms with van der Waals surface area (Å²) in [6.45, 7) is 8.56. The molecule has 2 rings (SSSR count). The molecule has 2 aromatic rings. The summed E-state index contributed by atoms with van der Waals surface area (Å²) in [5.41, 5.74) is 2.52. The number of amides is 2. The average molecular weight is 665 g/mol. The van der Waals surface area contributed by atoms with Gasteiger partial charge in [0.15, 0.2) is 0 Å². The van der Waals surface area contributed by atoms with Gasteiger partial charge >= 0.3 is 31.8 Å². The van der Waals surface area contributed by atoms with Crippen molar-refractivity contribution in [2.24, 2.45) is 11.8 Å². The van der Waals surface area contributed by atoms with Gasteiger partial charge in [0.25, 0.3) is 0 Å². The van der Waals surface area contributed by atoms with Crippen LogP contribution >= 0.6 is 7.60 Å². The lowest BCUT2D eigenvalue weighted by molar-refractivity contribution is -0.168. The molecule has 0 radical (unpaired) electrons. The molecule has 2 amide bonds. The van der Waals surface area contributed by atoms with Gasteiger partial charge in [-0.2, -0.15) is 0 Å². The van der Waals surface area contributed by atoms with Crippen LogP contribution in [0.1, 0.15) is 47.1 Å². The highest BCUT2D eigenvalue weighted by molar-refractivity contribution is 7.52. The minimum absolute atomic E-state index is 0.0284. The molecule has 0 fully saturated rings. The lowest BCUT2D eigenvalue weighted by atomic mass is 9.97. The summed E-state index contributed by atoms with van der Waals surface area (Å²) in [5, 5.41) is 4.60. The van der Waals surface area contributed by atoms with Gasteiger partial charge in [0.1, 0.15) is 12.3 Å². The molecule has 0 spiro atoms. The first kappa shape index (κ1) is 37.9. The van der Waals surface area contributed by atoms with Gasteiger partial charge in [0, 0.05) is 6.92 Å². The van der Waals surface area contributed by atoms with Gasteiger partial charge in [-0.3, -0.25) is 24.0 Å². The number of carbonyl (C=O) groups is 5. The van der Waals surface area contributed by atoms with Crippen LogP contribution in [0.25, 0.3) is 11.1 Å². The molecule has 0 bridgehead atoms. The van der Waals surface area contributed by atoms with Gasteiger partial charge in [0.05, 0.1) is 24.6 Å². The fourth-order valence-electron chi connectivity index (χ4n) is 3.97. The Morgan fingerprint density at radius 1 is 0.826 bits per heavy atom. The quantitative estimate of drug-likeness (QED) is 0.104. The number of esters is 2. The Morgan fingerprint density at radius 2 is 1.43 bits per heavy atom. The van der Waals surface area contributed by atoms with Crippen LogP contribution in [0.2, 0.25) is 0 Å². The maximum atomic E-state index is 13.3. The van der Waals surface area contributed by atoms with Crippen molar-refractivity contribution in [2.75, 3.05) is 12.8 Å². The predicted octanol–water partition coefficient (Wildman–Crippen LogP) is 4.54. The van der Waals surface area contributed by atoms with E-state index in [9.17, 15) is 33.4 Å². The van der Waals surface area contributed by atoms with Gasteiger partial charge in [0.2, 0.25) is 12.2 Å². The average Bonchev–Trinajstić information content (AvgIpc) is 2.96. The molecule has 0 aliphatic heterocycles. The molecule has 0 aliphatic rings. The fourth-order valence-corrected chi connectivity index (χ4v) is 5.45. The number of hydrogen-bond acceptors (Lipinski definition) is 11. The lowest BCUT2D eigenvalue weighted by Gasteiger charge is -2.24. The number of benzene rings is 2. The number of hydrogen-bond donors (Lipinski definition) is 3. The summed E-state index contributed by atoms with van der Waals surface area (Å²) < 4.78 is 37.3. The van der Waals surface area contributed by atoms with Crippen molar-refractivity contribution in [2.45, 2.75) is 66.5 Å². The van der Waals surface area contributed by atoms with Crippen molar-refractivity contribution in [3.05, 3.63) is 60.2 Å². The zero-order chi connectivity index (χ0) is 34.4. The van der Waals surface area contributed by atoms with E-state index < -0.39 is 74.2 Å². The van der Waals surface area contributed by atoms with Crippen molar-refractivity contribution in [3.8, 4) is 11.1 Å². The zero-order valence-corrected chi connectivity index (χ0v) is 27.5. The molecule has 2 aromatic carbocycles. The maximum Gasteiger partial charge on any atom is 0.516 e. The third-order valence-corrected chi connectivity index (χ3v) is 7.74. The van der Waals surface area contributed by atoms with Gasteiger partial charge in [-0.1, -0.05) is 68.4 Å². The first-order valence-electron chi connectivity index (χ1n) is 14.6. The molecule has 46 heavy (non-hydrogen) atoms. The van der Waals surface area contributed by atoms with E-state index in [1.807, 2.05) is 42.5 Å². The van der Waals surface area contributed by atoms with Crippen LogP contribution in [-0.2, 0) is 48.8 Å². The number of nitrogens with one attached hydrogen (secondary N) is 2. The molecule has 15 heteroatoms. The van der Waals surface area contributed by atoms with Crippen LogP contribution in [0.5, 0.6) is 0 Å². The molecule has 14 nitrogen and oxygen atoms in total. The van der Waals surface area contributed by atoms with Crippen LogP contribution < -0.4 is 10.6 Å². The van der Waals surface area contributed by atoms with E-state index in [1.54, 1.807) is 26.0 Å². The van der Waals surface area contributed by atoms with Gasteiger partial charge in [-0.05, 0) is 43.9 Å². The van der Waals surface area contributed by atoms with Gasteiger partial charge in [-0.15, -0.1) is 0 Å². The van der Waals surface area contributed by atoms with Crippen LogP contribution in [0.4, 0.5) is 9.59 Å². The Hall–Kier alpha value is -4.26. The van der Waals surface area contributed by atoms with Gasteiger partial charge < -0.3 is 29.2 Å². The van der Waals surface area contributed by atoms with Crippen LogP contribution in [0.15, 0.2) is 54.6 Å². The van der Waals surface area contributed by atoms with Crippen molar-refractivity contribution in [1.29, 1.82) is 0 Å². The monoisotopic (exact) mass is 664 g/mol. The molecule has 3 N–H and O–H groups in total. The van der Waals surface area contributed by atoms with Crippen molar-refractivity contribution in [3.63, 3.8) is 0 Å². The molecule has 5 atom stereocenters. The molecule has 0 saturated heterocycles. The van der Waals surface area contributed by atoms with E-state index in [-0.39, 0.29) is 13.0 Å². The first-order valence-corrected chi connectivity index (χ1v) is 16.4. The first-order chi connectivity index (χ1) is 21.6. The van der Waals surface area contributed by atoms with E-state index in [4.69, 9.17) is 14.0 Å². The Kier molecular flexibility index (Phi) is 14.9. The topological polar surface area (TPSA) is 193 Å². The van der Waals surface area contributed by atoms with Crippen molar-refractivity contribution in [1.82, 2.24) is 10.6 Å². The summed E-state index contributed by atoms with van der Waals surface area (Å²) in [6, 6.07) is 15.5.